The summed E-state index contributed by atoms with van der Waals surface area (Å²) in [4.78, 5) is 21.4. The van der Waals surface area contributed by atoms with E-state index in [0.717, 1.165) is 5.56 Å². The molecule has 4 heteroatoms. The van der Waals surface area contributed by atoms with Crippen LogP contribution in [0.1, 0.15) is 12.5 Å². The van der Waals surface area contributed by atoms with Gasteiger partial charge in [0.2, 0.25) is 5.78 Å². The minimum absolute atomic E-state index is 0.173. The number of benzene rings is 1. The Morgan fingerprint density at radius 1 is 1.29 bits per heavy atom. The van der Waals surface area contributed by atoms with Gasteiger partial charge in [0.25, 0.3) is 5.91 Å². The van der Waals surface area contributed by atoms with Crippen LogP contribution in [0.15, 0.2) is 24.3 Å². The van der Waals surface area contributed by atoms with Crippen LogP contribution in [0.2, 0.25) is 0 Å². The van der Waals surface area contributed by atoms with Crippen LogP contribution >= 0.6 is 0 Å². The van der Waals surface area contributed by atoms with E-state index in [0.29, 0.717) is 6.54 Å². The van der Waals surface area contributed by atoms with E-state index in [1.807, 2.05) is 0 Å². The van der Waals surface area contributed by atoms with Crippen molar-refractivity contribution < 1.29 is 14.7 Å². The van der Waals surface area contributed by atoms with Gasteiger partial charge in [-0.3, -0.25) is 9.59 Å². The Morgan fingerprint density at radius 3 is 2.36 bits per heavy atom. The molecule has 0 radical (unpaired) electrons. The Balaban J connectivity index is 2.50. The molecule has 1 amide bonds. The Morgan fingerprint density at radius 2 is 1.86 bits per heavy atom. The van der Waals surface area contributed by atoms with Crippen molar-refractivity contribution in [1.29, 1.82) is 0 Å². The van der Waals surface area contributed by atoms with E-state index < -0.39 is 11.7 Å². The summed E-state index contributed by atoms with van der Waals surface area (Å²) in [6, 6.07) is 6.40. The van der Waals surface area contributed by atoms with Crippen molar-refractivity contribution in [2.75, 3.05) is 0 Å². The second-order valence-electron chi connectivity index (χ2n) is 2.91. The molecule has 14 heavy (non-hydrogen) atoms. The highest BCUT2D eigenvalue weighted by Gasteiger charge is 2.05. The lowest BCUT2D eigenvalue weighted by atomic mass is 10.2. The number of rotatable bonds is 3. The van der Waals surface area contributed by atoms with Crippen LogP contribution in [0.5, 0.6) is 5.75 Å². The summed E-state index contributed by atoms with van der Waals surface area (Å²) in [6.45, 7) is 1.50. The number of nitrogens with one attached hydrogen (secondary N) is 1. The quantitative estimate of drug-likeness (QED) is 0.691. The van der Waals surface area contributed by atoms with Gasteiger partial charge in [-0.15, -0.1) is 0 Å². The van der Waals surface area contributed by atoms with E-state index in [-0.39, 0.29) is 5.75 Å². The number of carbonyl (C=O) groups is 2. The summed E-state index contributed by atoms with van der Waals surface area (Å²) in [5, 5.41) is 11.4. The molecule has 1 rings (SSSR count). The van der Waals surface area contributed by atoms with Crippen LogP contribution in [0.25, 0.3) is 0 Å². The average molecular weight is 193 g/mol. The van der Waals surface area contributed by atoms with Gasteiger partial charge in [0.15, 0.2) is 0 Å². The van der Waals surface area contributed by atoms with Crippen molar-refractivity contribution in [3.05, 3.63) is 29.8 Å². The van der Waals surface area contributed by atoms with E-state index in [1.54, 1.807) is 12.1 Å². The molecule has 4 nitrogen and oxygen atoms in total. The summed E-state index contributed by atoms with van der Waals surface area (Å²) in [7, 11) is 0. The van der Waals surface area contributed by atoms with E-state index in [9.17, 15) is 9.59 Å². The highest BCUT2D eigenvalue weighted by molar-refractivity contribution is 6.35. The molecule has 0 aliphatic heterocycles. The summed E-state index contributed by atoms with van der Waals surface area (Å²) in [5.41, 5.74) is 0.831. The number of carbonyl (C=O) groups excluding carboxylic acids is 2. The van der Waals surface area contributed by atoms with Crippen molar-refractivity contribution in [2.45, 2.75) is 13.5 Å². The molecular weight excluding hydrogens is 182 g/mol. The van der Waals surface area contributed by atoms with Crippen molar-refractivity contribution >= 4 is 11.7 Å². The molecule has 1 aromatic rings. The van der Waals surface area contributed by atoms with Crippen LogP contribution in [-0.4, -0.2) is 16.8 Å². The third-order valence-electron chi connectivity index (χ3n) is 1.71. The van der Waals surface area contributed by atoms with Gasteiger partial charge < -0.3 is 10.4 Å². The highest BCUT2D eigenvalue weighted by Crippen LogP contribution is 2.08. The first-order chi connectivity index (χ1) is 6.59. The van der Waals surface area contributed by atoms with Gasteiger partial charge in [0.1, 0.15) is 5.75 Å². The fourth-order valence-corrected chi connectivity index (χ4v) is 0.921. The SMILES string of the molecule is CC(=O)C(=O)NCc1ccc(O)cc1. The lowest BCUT2D eigenvalue weighted by Gasteiger charge is -2.02. The zero-order valence-corrected chi connectivity index (χ0v) is 7.78. The van der Waals surface area contributed by atoms with E-state index in [4.69, 9.17) is 5.11 Å². The molecule has 2 N–H and O–H groups in total. The molecule has 0 fully saturated rings. The normalized spacial score (nSPS) is 9.50. The minimum atomic E-state index is -0.599. The molecule has 0 aromatic heterocycles. The first-order valence-electron chi connectivity index (χ1n) is 4.16. The summed E-state index contributed by atoms with van der Waals surface area (Å²) < 4.78 is 0. The fourth-order valence-electron chi connectivity index (χ4n) is 0.921. The topological polar surface area (TPSA) is 66.4 Å². The number of phenols is 1. The van der Waals surface area contributed by atoms with Crippen molar-refractivity contribution in [1.82, 2.24) is 5.32 Å². The lowest BCUT2D eigenvalue weighted by molar-refractivity contribution is -0.136. The van der Waals surface area contributed by atoms with Crippen LogP contribution in [0.3, 0.4) is 0 Å². The molecule has 0 aliphatic carbocycles. The predicted octanol–water partition coefficient (Wildman–Crippen LogP) is 0.597. The third kappa shape index (κ3) is 2.90. The van der Waals surface area contributed by atoms with Crippen LogP contribution < -0.4 is 5.32 Å². The van der Waals surface area contributed by atoms with Crippen molar-refractivity contribution in [3.8, 4) is 5.75 Å². The van der Waals surface area contributed by atoms with Crippen LogP contribution in [0.4, 0.5) is 0 Å². The minimum Gasteiger partial charge on any atom is -0.508 e. The van der Waals surface area contributed by atoms with Gasteiger partial charge in [-0.1, -0.05) is 12.1 Å². The maximum Gasteiger partial charge on any atom is 0.287 e. The summed E-state index contributed by atoms with van der Waals surface area (Å²) in [5.74, 6) is -0.937. The highest BCUT2D eigenvalue weighted by atomic mass is 16.3. The molecule has 1 aromatic carbocycles. The molecule has 0 unspecified atom stereocenters. The lowest BCUT2D eigenvalue weighted by Crippen LogP contribution is -2.28. The van der Waals surface area contributed by atoms with Crippen molar-refractivity contribution in [2.24, 2.45) is 0 Å². The molecule has 0 bridgehead atoms. The van der Waals surface area contributed by atoms with Gasteiger partial charge in [-0.2, -0.15) is 0 Å². The van der Waals surface area contributed by atoms with Gasteiger partial charge in [-0.05, 0) is 17.7 Å². The largest absolute Gasteiger partial charge is 0.508 e. The second kappa shape index (κ2) is 4.41. The summed E-state index contributed by atoms with van der Waals surface area (Å²) in [6.07, 6.45) is 0. The molecule has 0 saturated carbocycles. The molecule has 0 aliphatic rings. The van der Waals surface area contributed by atoms with Gasteiger partial charge in [0.05, 0.1) is 0 Å². The summed E-state index contributed by atoms with van der Waals surface area (Å²) >= 11 is 0. The maximum atomic E-state index is 10.9. The molecule has 0 spiro atoms. The standard InChI is InChI=1S/C10H11NO3/c1-7(12)10(14)11-6-8-2-4-9(13)5-3-8/h2-5,13H,6H2,1H3,(H,11,14). The Hall–Kier alpha value is -1.84. The number of amides is 1. The van der Waals surface area contributed by atoms with Gasteiger partial charge in [0, 0.05) is 13.5 Å². The number of aromatic hydroxyl groups is 1. The number of phenolic OH excluding ortho intramolecular Hbond substituents is 1. The van der Waals surface area contributed by atoms with Gasteiger partial charge in [-0.25, -0.2) is 0 Å². The Kier molecular flexibility index (Phi) is 3.23. The first-order valence-corrected chi connectivity index (χ1v) is 4.16. The maximum absolute atomic E-state index is 10.9. The van der Waals surface area contributed by atoms with E-state index >= 15 is 0 Å². The first kappa shape index (κ1) is 10.2. The average Bonchev–Trinajstić information content (AvgIpc) is 2.16. The van der Waals surface area contributed by atoms with Crippen LogP contribution in [0, 0.1) is 0 Å². The molecule has 0 heterocycles. The molecular formula is C10H11NO3. The number of Topliss-reactive ketones (excluding diaryl/α,β-unsaturated/α-hetero) is 1. The Labute approximate surface area is 81.6 Å². The monoisotopic (exact) mass is 193 g/mol. The number of ketones is 1. The molecule has 0 saturated heterocycles. The third-order valence-corrected chi connectivity index (χ3v) is 1.71. The number of hydrogen-bond donors (Lipinski definition) is 2. The zero-order valence-electron chi connectivity index (χ0n) is 7.78. The molecule has 74 valence electrons. The zero-order chi connectivity index (χ0) is 10.6. The van der Waals surface area contributed by atoms with E-state index in [2.05, 4.69) is 5.32 Å². The number of hydrogen-bond acceptors (Lipinski definition) is 3. The Bertz CT molecular complexity index is 343. The van der Waals surface area contributed by atoms with Crippen molar-refractivity contribution in [3.63, 3.8) is 0 Å². The fraction of sp³-hybridized carbons (Fsp3) is 0.200. The predicted molar refractivity (Wildman–Crippen MR) is 50.6 cm³/mol. The smallest absolute Gasteiger partial charge is 0.287 e. The second-order valence-corrected chi connectivity index (χ2v) is 2.91. The van der Waals surface area contributed by atoms with Gasteiger partial charge >= 0.3 is 0 Å². The molecule has 0 atom stereocenters. The van der Waals surface area contributed by atoms with Crippen LogP contribution in [-0.2, 0) is 16.1 Å². The van der Waals surface area contributed by atoms with E-state index in [1.165, 1.54) is 19.1 Å².